The van der Waals surface area contributed by atoms with E-state index in [1.54, 1.807) is 18.2 Å². The number of anilines is 2. The van der Waals surface area contributed by atoms with Gasteiger partial charge in [0.15, 0.2) is 4.90 Å². The zero-order valence-corrected chi connectivity index (χ0v) is 14.6. The molecule has 2 aromatic rings. The number of ether oxygens (including phenoxy) is 2. The van der Waals surface area contributed by atoms with Crippen molar-refractivity contribution in [2.45, 2.75) is 18.4 Å². The molecule has 0 aliphatic carbocycles. The van der Waals surface area contributed by atoms with Gasteiger partial charge < -0.3 is 20.3 Å². The number of hydrogen-bond donors (Lipinski definition) is 2. The van der Waals surface area contributed by atoms with Crippen LogP contribution < -0.4 is 19.5 Å². The molecule has 1 aliphatic rings. The number of aliphatic hydroxyl groups excluding tert-OH is 1. The average Bonchev–Trinajstić information content (AvgIpc) is 3.03. The normalized spacial score (nSPS) is 14.1. The number of sulfonamides is 1. The van der Waals surface area contributed by atoms with Crippen molar-refractivity contribution < 1.29 is 23.0 Å². The van der Waals surface area contributed by atoms with Gasteiger partial charge in [0.2, 0.25) is 0 Å². The van der Waals surface area contributed by atoms with Crippen LogP contribution in [-0.4, -0.2) is 49.7 Å². The second kappa shape index (κ2) is 6.81. The van der Waals surface area contributed by atoms with E-state index in [9.17, 15) is 8.42 Å². The molecule has 0 fully saturated rings. The lowest BCUT2D eigenvalue weighted by atomic mass is 10.2. The van der Waals surface area contributed by atoms with Crippen molar-refractivity contribution >= 4 is 21.4 Å². The number of nitrogens with two attached hydrogens (primary N) is 1. The molecule has 0 bridgehead atoms. The van der Waals surface area contributed by atoms with Crippen LogP contribution in [-0.2, 0) is 16.6 Å². The number of fused-ring (bicyclic) bond motifs is 1. The van der Waals surface area contributed by atoms with Crippen molar-refractivity contribution in [2.75, 3.05) is 36.4 Å². The Kier molecular flexibility index (Phi) is 4.73. The molecule has 25 heavy (non-hydrogen) atoms. The summed E-state index contributed by atoms with van der Waals surface area (Å²) in [5.74, 6) is 0.414. The largest absolute Gasteiger partial charge is 0.489 e. The van der Waals surface area contributed by atoms with Crippen LogP contribution in [0.3, 0.4) is 0 Å². The fourth-order valence-corrected chi connectivity index (χ4v) is 4.07. The Morgan fingerprint density at radius 2 is 2.24 bits per heavy atom. The third-order valence-corrected chi connectivity index (χ3v) is 5.52. The SMILES string of the molecule is CCn1cc(S(=O)(=O)N2CCOc3ccc(N)cc32)c(OCCO)n1. The Balaban J connectivity index is 2.06. The van der Waals surface area contributed by atoms with Crippen LogP contribution in [0.15, 0.2) is 29.3 Å². The Morgan fingerprint density at radius 1 is 1.44 bits per heavy atom. The minimum absolute atomic E-state index is 0.0344. The monoisotopic (exact) mass is 368 g/mol. The topological polar surface area (TPSA) is 120 Å². The minimum Gasteiger partial charge on any atom is -0.489 e. The highest BCUT2D eigenvalue weighted by atomic mass is 32.2. The maximum Gasteiger partial charge on any atom is 0.271 e. The van der Waals surface area contributed by atoms with Gasteiger partial charge in [-0.15, -0.1) is 5.10 Å². The summed E-state index contributed by atoms with van der Waals surface area (Å²) < 4.78 is 40.0. The molecule has 2 heterocycles. The molecule has 1 aliphatic heterocycles. The predicted octanol–water partition coefficient (Wildman–Crippen LogP) is 0.444. The first-order valence-corrected chi connectivity index (χ1v) is 9.27. The fourth-order valence-electron chi connectivity index (χ4n) is 2.55. The lowest BCUT2D eigenvalue weighted by molar-refractivity contribution is 0.192. The third kappa shape index (κ3) is 3.22. The minimum atomic E-state index is -3.93. The Morgan fingerprint density at radius 3 is 2.96 bits per heavy atom. The Bertz CT molecular complexity index is 865. The van der Waals surface area contributed by atoms with Crippen molar-refractivity contribution in [1.82, 2.24) is 9.78 Å². The average molecular weight is 368 g/mol. The van der Waals surface area contributed by atoms with E-state index in [2.05, 4.69) is 5.10 Å². The first-order valence-electron chi connectivity index (χ1n) is 7.83. The molecule has 0 atom stereocenters. The van der Waals surface area contributed by atoms with Crippen molar-refractivity contribution in [3.63, 3.8) is 0 Å². The van der Waals surface area contributed by atoms with E-state index < -0.39 is 10.0 Å². The maximum atomic E-state index is 13.2. The second-order valence-electron chi connectivity index (χ2n) is 5.38. The molecule has 0 spiro atoms. The summed E-state index contributed by atoms with van der Waals surface area (Å²) in [4.78, 5) is -0.0573. The lowest BCUT2D eigenvalue weighted by Crippen LogP contribution is -2.38. The molecule has 0 radical (unpaired) electrons. The fraction of sp³-hybridized carbons (Fsp3) is 0.400. The van der Waals surface area contributed by atoms with E-state index >= 15 is 0 Å². The van der Waals surface area contributed by atoms with Gasteiger partial charge >= 0.3 is 0 Å². The number of hydrogen-bond acceptors (Lipinski definition) is 7. The summed E-state index contributed by atoms with van der Waals surface area (Å²) in [6.07, 6.45) is 1.42. The Labute approximate surface area is 145 Å². The van der Waals surface area contributed by atoms with Crippen molar-refractivity contribution in [1.29, 1.82) is 0 Å². The first kappa shape index (κ1) is 17.4. The highest BCUT2D eigenvalue weighted by molar-refractivity contribution is 7.93. The predicted molar refractivity (Wildman–Crippen MR) is 91.4 cm³/mol. The molecule has 0 saturated heterocycles. The van der Waals surface area contributed by atoms with E-state index in [0.29, 0.717) is 23.7 Å². The van der Waals surface area contributed by atoms with Gasteiger partial charge in [-0.1, -0.05) is 0 Å². The highest BCUT2D eigenvalue weighted by Crippen LogP contribution is 2.38. The number of aryl methyl sites for hydroxylation is 1. The van der Waals surface area contributed by atoms with Crippen molar-refractivity contribution in [3.8, 4) is 11.6 Å². The van der Waals surface area contributed by atoms with Gasteiger partial charge in [0.05, 0.1) is 18.8 Å². The molecule has 1 aromatic heterocycles. The first-order chi connectivity index (χ1) is 12.0. The molecule has 3 N–H and O–H groups in total. The van der Waals surface area contributed by atoms with E-state index in [1.165, 1.54) is 15.2 Å². The molecule has 10 heteroatoms. The number of nitrogens with zero attached hydrogens (tertiary/aromatic N) is 3. The molecule has 136 valence electrons. The number of rotatable bonds is 6. The summed E-state index contributed by atoms with van der Waals surface area (Å²) in [6, 6.07) is 4.86. The summed E-state index contributed by atoms with van der Waals surface area (Å²) in [5, 5.41) is 13.1. The molecule has 0 saturated carbocycles. The van der Waals surface area contributed by atoms with Crippen LogP contribution in [0, 0.1) is 0 Å². The van der Waals surface area contributed by atoms with Crippen LogP contribution in [0.2, 0.25) is 0 Å². The van der Waals surface area contributed by atoms with E-state index in [1.807, 2.05) is 6.92 Å². The standard InChI is InChI=1S/C15H20N4O5S/c1-2-18-10-14(15(17-18)24-8-6-20)25(21,22)19-5-7-23-13-4-3-11(16)9-12(13)19/h3-4,9-10,20H,2,5-8,16H2,1H3. The van der Waals surface area contributed by atoms with Gasteiger partial charge in [-0.25, -0.2) is 8.42 Å². The second-order valence-corrected chi connectivity index (χ2v) is 7.21. The molecule has 0 amide bonds. The molecule has 3 rings (SSSR count). The van der Waals surface area contributed by atoms with Gasteiger partial charge in [-0.05, 0) is 25.1 Å². The lowest BCUT2D eigenvalue weighted by Gasteiger charge is -2.30. The van der Waals surface area contributed by atoms with Gasteiger partial charge in [0.1, 0.15) is 19.0 Å². The zero-order chi connectivity index (χ0) is 18.0. The molecule has 9 nitrogen and oxygen atoms in total. The van der Waals surface area contributed by atoms with Crippen LogP contribution >= 0.6 is 0 Å². The number of aliphatic hydroxyl groups is 1. The summed E-state index contributed by atoms with van der Waals surface area (Å²) in [7, 11) is -3.93. The molecule has 1 aromatic carbocycles. The van der Waals surface area contributed by atoms with Crippen LogP contribution in [0.5, 0.6) is 11.6 Å². The summed E-state index contributed by atoms with van der Waals surface area (Å²) in [5.41, 5.74) is 6.62. The molecule has 0 unspecified atom stereocenters. The van der Waals surface area contributed by atoms with Crippen LogP contribution in [0.25, 0.3) is 0 Å². The van der Waals surface area contributed by atoms with E-state index in [4.69, 9.17) is 20.3 Å². The maximum absolute atomic E-state index is 13.2. The third-order valence-electron chi connectivity index (χ3n) is 3.72. The van der Waals surface area contributed by atoms with Gasteiger partial charge in [0, 0.05) is 18.4 Å². The van der Waals surface area contributed by atoms with Crippen molar-refractivity contribution in [3.05, 3.63) is 24.4 Å². The molecular formula is C15H20N4O5S. The number of benzene rings is 1. The summed E-state index contributed by atoms with van der Waals surface area (Å²) >= 11 is 0. The van der Waals surface area contributed by atoms with Crippen LogP contribution in [0.1, 0.15) is 6.92 Å². The smallest absolute Gasteiger partial charge is 0.271 e. The van der Waals surface area contributed by atoms with Gasteiger partial charge in [-0.3, -0.25) is 8.99 Å². The van der Waals surface area contributed by atoms with Crippen LogP contribution in [0.4, 0.5) is 11.4 Å². The zero-order valence-electron chi connectivity index (χ0n) is 13.8. The van der Waals surface area contributed by atoms with Gasteiger partial charge in [0.25, 0.3) is 15.9 Å². The van der Waals surface area contributed by atoms with Crippen molar-refractivity contribution in [2.24, 2.45) is 0 Å². The Hall–Kier alpha value is -2.46. The van der Waals surface area contributed by atoms with Gasteiger partial charge in [-0.2, -0.15) is 0 Å². The van der Waals surface area contributed by atoms with E-state index in [0.717, 1.165) is 0 Å². The quantitative estimate of drug-likeness (QED) is 0.710. The molecular weight excluding hydrogens is 348 g/mol. The number of aromatic nitrogens is 2. The summed E-state index contributed by atoms with van der Waals surface area (Å²) in [6.45, 7) is 2.41. The number of nitrogen functional groups attached to an aromatic ring is 1. The highest BCUT2D eigenvalue weighted by Gasteiger charge is 2.34. The van der Waals surface area contributed by atoms with E-state index in [-0.39, 0.29) is 37.1 Å².